The molecular formula is C25H35N3O4Si. The molecule has 1 aliphatic carbocycles. The Morgan fingerprint density at radius 2 is 1.82 bits per heavy atom. The van der Waals surface area contributed by atoms with Crippen molar-refractivity contribution in [2.24, 2.45) is 0 Å². The molecule has 4 rings (SSSR count). The number of aromatic nitrogens is 3. The van der Waals surface area contributed by atoms with Crippen LogP contribution in [0.4, 0.5) is 0 Å². The van der Waals surface area contributed by atoms with Crippen LogP contribution in [0.5, 0.6) is 0 Å². The van der Waals surface area contributed by atoms with Crippen LogP contribution in [0.1, 0.15) is 74.1 Å². The largest absolute Gasteiger partial charge is 0.465 e. The summed E-state index contributed by atoms with van der Waals surface area (Å²) in [5.74, 6) is 0.760. The van der Waals surface area contributed by atoms with Crippen LogP contribution in [-0.2, 0) is 9.16 Å². The first-order valence-electron chi connectivity index (χ1n) is 11.7. The zero-order chi connectivity index (χ0) is 24.1. The lowest BCUT2D eigenvalue weighted by Crippen LogP contribution is -2.44. The summed E-state index contributed by atoms with van der Waals surface area (Å²) < 4.78 is 13.5. The second-order valence-electron chi connectivity index (χ2n) is 10.8. The predicted octanol–water partition coefficient (Wildman–Crippen LogP) is 5.32. The monoisotopic (exact) mass is 469 g/mol. The van der Waals surface area contributed by atoms with E-state index < -0.39 is 14.3 Å². The number of nitrogens with one attached hydrogen (secondary N) is 1. The second-order valence-corrected chi connectivity index (χ2v) is 15.6. The zero-order valence-electron chi connectivity index (χ0n) is 20.7. The molecule has 178 valence electrons. The number of methoxy groups -OCH3 is 1. The highest BCUT2D eigenvalue weighted by molar-refractivity contribution is 6.74. The van der Waals surface area contributed by atoms with Crippen molar-refractivity contribution in [2.45, 2.75) is 83.5 Å². The van der Waals surface area contributed by atoms with Crippen molar-refractivity contribution < 1.29 is 14.0 Å². The lowest BCUT2D eigenvalue weighted by Gasteiger charge is -2.41. The third kappa shape index (κ3) is 4.26. The second kappa shape index (κ2) is 8.40. The number of ether oxygens (including phenoxy) is 1. The van der Waals surface area contributed by atoms with Crippen LogP contribution in [0.3, 0.4) is 0 Å². The van der Waals surface area contributed by atoms with Gasteiger partial charge in [0.15, 0.2) is 8.32 Å². The van der Waals surface area contributed by atoms with Crippen LogP contribution < -0.4 is 5.56 Å². The van der Waals surface area contributed by atoms with E-state index in [0.29, 0.717) is 22.7 Å². The van der Waals surface area contributed by atoms with Gasteiger partial charge in [-0.2, -0.15) is 0 Å². The molecule has 3 aromatic rings. The van der Waals surface area contributed by atoms with Crippen LogP contribution in [0.15, 0.2) is 23.1 Å². The number of esters is 1. The average molecular weight is 470 g/mol. The molecule has 0 spiro atoms. The highest BCUT2D eigenvalue weighted by Gasteiger charge is 2.40. The molecule has 1 N–H and O–H groups in total. The molecule has 0 atom stereocenters. The van der Waals surface area contributed by atoms with Gasteiger partial charge in [-0.25, -0.2) is 9.78 Å². The van der Waals surface area contributed by atoms with Crippen LogP contribution in [-0.4, -0.2) is 41.9 Å². The molecule has 1 saturated carbocycles. The molecule has 0 amide bonds. The van der Waals surface area contributed by atoms with Gasteiger partial charge in [-0.3, -0.25) is 9.20 Å². The number of aryl methyl sites for hydroxylation is 1. The van der Waals surface area contributed by atoms with Gasteiger partial charge in [0.2, 0.25) is 0 Å². The number of fused-ring (bicyclic) bond motifs is 3. The number of H-pyrrole nitrogens is 1. The summed E-state index contributed by atoms with van der Waals surface area (Å²) in [5, 5.41) is 0.198. The van der Waals surface area contributed by atoms with Gasteiger partial charge in [-0.05, 0) is 68.4 Å². The minimum Gasteiger partial charge on any atom is -0.465 e. The first kappa shape index (κ1) is 23.7. The van der Waals surface area contributed by atoms with Gasteiger partial charge in [0.1, 0.15) is 11.3 Å². The molecule has 1 aromatic carbocycles. The highest BCUT2D eigenvalue weighted by atomic mass is 28.4. The van der Waals surface area contributed by atoms with E-state index in [9.17, 15) is 9.59 Å². The van der Waals surface area contributed by atoms with Crippen molar-refractivity contribution in [3.63, 3.8) is 0 Å². The summed E-state index contributed by atoms with van der Waals surface area (Å²) in [7, 11) is -0.438. The minimum absolute atomic E-state index is 0.198. The van der Waals surface area contributed by atoms with Gasteiger partial charge in [0.05, 0.1) is 29.9 Å². The molecular weight excluding hydrogens is 434 g/mol. The molecule has 1 fully saturated rings. The maximum atomic E-state index is 12.8. The van der Waals surface area contributed by atoms with Crippen molar-refractivity contribution in [2.75, 3.05) is 7.11 Å². The number of carbonyl (C=O) groups is 1. The number of carbonyl (C=O) groups excluding carboxylic acids is 1. The van der Waals surface area contributed by atoms with E-state index in [4.69, 9.17) is 14.1 Å². The summed E-state index contributed by atoms with van der Waals surface area (Å²) in [6.45, 7) is 13.3. The first-order valence-corrected chi connectivity index (χ1v) is 14.6. The number of nitrogens with zero attached hydrogens (tertiary/aromatic N) is 2. The van der Waals surface area contributed by atoms with Crippen molar-refractivity contribution in [3.8, 4) is 0 Å². The lowest BCUT2D eigenvalue weighted by atomic mass is 9.87. The van der Waals surface area contributed by atoms with E-state index in [1.165, 1.54) is 7.11 Å². The SMILES string of the molecule is COC(=O)c1cc2[nH]c(=O)c3cnc(C4CCC(O[Si](C)(C)C(C)(C)C)CC4)n3c2cc1C. The fourth-order valence-corrected chi connectivity index (χ4v) is 6.02. The summed E-state index contributed by atoms with van der Waals surface area (Å²) in [5.41, 5.74) is 3.02. The van der Waals surface area contributed by atoms with Gasteiger partial charge in [0.25, 0.3) is 5.56 Å². The number of benzene rings is 1. The molecule has 0 aliphatic heterocycles. The van der Waals surface area contributed by atoms with Gasteiger partial charge < -0.3 is 14.1 Å². The van der Waals surface area contributed by atoms with E-state index in [-0.39, 0.29) is 16.5 Å². The molecule has 0 bridgehead atoms. The smallest absolute Gasteiger partial charge is 0.338 e. The van der Waals surface area contributed by atoms with Gasteiger partial charge in [0, 0.05) is 12.0 Å². The number of hydrogen-bond acceptors (Lipinski definition) is 5. The van der Waals surface area contributed by atoms with Gasteiger partial charge >= 0.3 is 5.97 Å². The Morgan fingerprint density at radius 3 is 2.42 bits per heavy atom. The standard InChI is InChI=1S/C25H35N3O4Si/c1-15-12-20-19(13-18(15)24(30)31-5)27-23(29)21-14-26-22(28(20)21)16-8-10-17(11-9-16)32-33(6,7)25(2,3)4/h12-14,16-17H,8-11H2,1-7H3,(H,27,29). The van der Waals surface area contributed by atoms with Crippen LogP contribution >= 0.6 is 0 Å². The fourth-order valence-electron chi connectivity index (χ4n) is 4.59. The molecule has 0 saturated heterocycles. The number of aromatic amines is 1. The minimum atomic E-state index is -1.80. The molecule has 8 heteroatoms. The molecule has 0 radical (unpaired) electrons. The molecule has 2 aromatic heterocycles. The van der Waals surface area contributed by atoms with Gasteiger partial charge in [-0.15, -0.1) is 0 Å². The number of rotatable bonds is 4. The molecule has 1 aliphatic rings. The maximum Gasteiger partial charge on any atom is 0.338 e. The number of hydrogen-bond donors (Lipinski definition) is 1. The average Bonchev–Trinajstić information content (AvgIpc) is 3.19. The van der Waals surface area contributed by atoms with E-state index in [1.807, 2.05) is 17.4 Å². The fraction of sp³-hybridized carbons (Fsp3) is 0.560. The Morgan fingerprint density at radius 1 is 1.15 bits per heavy atom. The molecule has 33 heavy (non-hydrogen) atoms. The van der Waals surface area contributed by atoms with Crippen molar-refractivity contribution in [3.05, 3.63) is 45.6 Å². The Bertz CT molecular complexity index is 1260. The Labute approximate surface area is 195 Å². The zero-order valence-corrected chi connectivity index (χ0v) is 21.7. The van der Waals surface area contributed by atoms with Crippen LogP contribution in [0, 0.1) is 6.92 Å². The van der Waals surface area contributed by atoms with Crippen molar-refractivity contribution >= 4 is 30.8 Å². The maximum absolute atomic E-state index is 12.8. The highest BCUT2D eigenvalue weighted by Crippen LogP contribution is 2.41. The topological polar surface area (TPSA) is 85.7 Å². The van der Waals surface area contributed by atoms with E-state index >= 15 is 0 Å². The summed E-state index contributed by atoms with van der Waals surface area (Å²) >= 11 is 0. The molecule has 7 nitrogen and oxygen atoms in total. The normalized spacial score (nSPS) is 19.8. The van der Waals surface area contributed by atoms with Crippen LogP contribution in [0.25, 0.3) is 16.6 Å². The summed E-state index contributed by atoms with van der Waals surface area (Å²) in [6.07, 6.45) is 5.91. The summed E-state index contributed by atoms with van der Waals surface area (Å²) in [4.78, 5) is 32.5. The Kier molecular flexibility index (Phi) is 6.03. The molecule has 0 unspecified atom stereocenters. The summed E-state index contributed by atoms with van der Waals surface area (Å²) in [6, 6.07) is 3.63. The van der Waals surface area contributed by atoms with Crippen LogP contribution in [0.2, 0.25) is 18.1 Å². The van der Waals surface area contributed by atoms with E-state index in [2.05, 4.69) is 38.8 Å². The first-order chi connectivity index (χ1) is 15.4. The van der Waals surface area contributed by atoms with E-state index in [1.54, 1.807) is 12.3 Å². The third-order valence-electron chi connectivity index (χ3n) is 7.57. The lowest BCUT2D eigenvalue weighted by molar-refractivity contribution is 0.0600. The van der Waals surface area contributed by atoms with Crippen molar-refractivity contribution in [1.29, 1.82) is 0 Å². The van der Waals surface area contributed by atoms with E-state index in [0.717, 1.165) is 42.6 Å². The van der Waals surface area contributed by atoms with Gasteiger partial charge in [-0.1, -0.05) is 20.8 Å². The Balaban J connectivity index is 1.67. The Hall–Kier alpha value is -2.45. The molecule has 2 heterocycles. The third-order valence-corrected chi connectivity index (χ3v) is 12.1. The number of imidazole rings is 1. The predicted molar refractivity (Wildman–Crippen MR) is 133 cm³/mol. The van der Waals surface area contributed by atoms with Crippen molar-refractivity contribution in [1.82, 2.24) is 14.4 Å². The quantitative estimate of drug-likeness (QED) is 0.413.